The van der Waals surface area contributed by atoms with Gasteiger partial charge in [-0.1, -0.05) is 35.9 Å². The summed E-state index contributed by atoms with van der Waals surface area (Å²) < 4.78 is 13.5. The Balaban J connectivity index is 1.92. The van der Waals surface area contributed by atoms with E-state index in [1.165, 1.54) is 18.2 Å². The van der Waals surface area contributed by atoms with Crippen LogP contribution in [0.5, 0.6) is 0 Å². The van der Waals surface area contributed by atoms with Gasteiger partial charge in [0.2, 0.25) is 5.91 Å². The van der Waals surface area contributed by atoms with Crippen molar-refractivity contribution in [2.75, 3.05) is 6.54 Å². The minimum Gasteiger partial charge on any atom is -0.348 e. The highest BCUT2D eigenvalue weighted by molar-refractivity contribution is 5.96. The minimum atomic E-state index is -0.612. The van der Waals surface area contributed by atoms with Crippen molar-refractivity contribution in [1.29, 1.82) is 0 Å². The van der Waals surface area contributed by atoms with Crippen LogP contribution in [0.4, 0.5) is 4.39 Å². The Kier molecular flexibility index (Phi) is 5.68. The molecule has 2 rings (SSSR count). The van der Waals surface area contributed by atoms with E-state index in [2.05, 4.69) is 10.6 Å². The topological polar surface area (TPSA) is 58.2 Å². The molecule has 0 aliphatic heterocycles. The molecule has 0 bridgehead atoms. The van der Waals surface area contributed by atoms with Gasteiger partial charge < -0.3 is 10.6 Å². The molecule has 24 heavy (non-hydrogen) atoms. The van der Waals surface area contributed by atoms with Gasteiger partial charge in [-0.05, 0) is 44.0 Å². The summed E-state index contributed by atoms with van der Waals surface area (Å²) in [5, 5.41) is 5.27. The number of carbonyl (C=O) groups excluding carboxylic acids is 2. The third-order valence-electron chi connectivity index (χ3n) is 3.81. The summed E-state index contributed by atoms with van der Waals surface area (Å²) in [5.74, 6) is -1.55. The fourth-order valence-electron chi connectivity index (χ4n) is 2.50. The van der Waals surface area contributed by atoms with Crippen molar-refractivity contribution < 1.29 is 14.0 Å². The molecule has 2 amide bonds. The van der Waals surface area contributed by atoms with Crippen LogP contribution in [0.25, 0.3) is 0 Å². The van der Waals surface area contributed by atoms with Crippen LogP contribution in [0.2, 0.25) is 0 Å². The average molecular weight is 328 g/mol. The van der Waals surface area contributed by atoms with Gasteiger partial charge in [-0.25, -0.2) is 4.39 Å². The number of hydrogen-bond donors (Lipinski definition) is 2. The zero-order chi connectivity index (χ0) is 17.7. The number of carbonyl (C=O) groups is 2. The standard InChI is InChI=1S/C19H21FN2O2/c1-12-8-9-13(2)16(10-12)14(3)22-18(23)11-21-19(24)15-6-4-5-7-17(15)20/h4-10,14H,11H2,1-3H3,(H,21,24)(H,22,23)/t14-/m0/s1. The Morgan fingerprint density at radius 3 is 2.54 bits per heavy atom. The first-order valence-electron chi connectivity index (χ1n) is 7.77. The highest BCUT2D eigenvalue weighted by Crippen LogP contribution is 2.18. The maximum absolute atomic E-state index is 13.5. The lowest BCUT2D eigenvalue weighted by atomic mass is 10.00. The highest BCUT2D eigenvalue weighted by Gasteiger charge is 2.15. The Hall–Kier alpha value is -2.69. The second kappa shape index (κ2) is 7.73. The van der Waals surface area contributed by atoms with Crippen LogP contribution >= 0.6 is 0 Å². The lowest BCUT2D eigenvalue weighted by Gasteiger charge is -2.17. The normalized spacial score (nSPS) is 11.7. The van der Waals surface area contributed by atoms with E-state index in [9.17, 15) is 14.0 Å². The molecule has 0 saturated heterocycles. The molecule has 126 valence electrons. The first-order chi connectivity index (χ1) is 11.4. The molecule has 0 radical (unpaired) electrons. The maximum atomic E-state index is 13.5. The number of amides is 2. The molecule has 0 fully saturated rings. The molecule has 0 unspecified atom stereocenters. The largest absolute Gasteiger partial charge is 0.348 e. The molecule has 5 heteroatoms. The monoisotopic (exact) mass is 328 g/mol. The number of halogens is 1. The third-order valence-corrected chi connectivity index (χ3v) is 3.81. The molecule has 0 aliphatic carbocycles. The van der Waals surface area contributed by atoms with Crippen LogP contribution in [0.3, 0.4) is 0 Å². The van der Waals surface area contributed by atoms with E-state index in [-0.39, 0.29) is 24.1 Å². The Bertz CT molecular complexity index is 759. The first kappa shape index (κ1) is 17.7. The van der Waals surface area contributed by atoms with Gasteiger partial charge in [0.15, 0.2) is 0 Å². The van der Waals surface area contributed by atoms with Crippen LogP contribution in [-0.2, 0) is 4.79 Å². The lowest BCUT2D eigenvalue weighted by Crippen LogP contribution is -2.38. The fraction of sp³-hybridized carbons (Fsp3) is 0.263. The molecule has 2 N–H and O–H groups in total. The van der Waals surface area contributed by atoms with Crippen molar-refractivity contribution in [1.82, 2.24) is 10.6 Å². The number of nitrogens with one attached hydrogen (secondary N) is 2. The van der Waals surface area contributed by atoms with E-state index in [0.717, 1.165) is 16.7 Å². The molecule has 0 aliphatic rings. The summed E-state index contributed by atoms with van der Waals surface area (Å²) in [7, 11) is 0. The van der Waals surface area contributed by atoms with Gasteiger partial charge >= 0.3 is 0 Å². The van der Waals surface area contributed by atoms with Crippen LogP contribution in [0, 0.1) is 19.7 Å². The van der Waals surface area contributed by atoms with Gasteiger partial charge in [0.05, 0.1) is 18.2 Å². The first-order valence-corrected chi connectivity index (χ1v) is 7.77. The SMILES string of the molecule is Cc1ccc(C)c([C@H](C)NC(=O)CNC(=O)c2ccccc2F)c1. The summed E-state index contributed by atoms with van der Waals surface area (Å²) in [6.07, 6.45) is 0. The van der Waals surface area contributed by atoms with Crippen LogP contribution in [-0.4, -0.2) is 18.4 Å². The Morgan fingerprint density at radius 1 is 1.12 bits per heavy atom. The number of aryl methyl sites for hydroxylation is 2. The number of rotatable bonds is 5. The minimum absolute atomic E-state index is 0.0760. The third kappa shape index (κ3) is 4.41. The van der Waals surface area contributed by atoms with Crippen molar-refractivity contribution in [3.63, 3.8) is 0 Å². The second-order valence-electron chi connectivity index (χ2n) is 5.81. The summed E-state index contributed by atoms with van der Waals surface area (Å²) in [4.78, 5) is 23.9. The van der Waals surface area contributed by atoms with Crippen molar-refractivity contribution >= 4 is 11.8 Å². The summed E-state index contributed by atoms with van der Waals surface area (Å²) in [6, 6.07) is 11.5. The summed E-state index contributed by atoms with van der Waals surface area (Å²) >= 11 is 0. The van der Waals surface area contributed by atoms with Crippen molar-refractivity contribution in [2.45, 2.75) is 26.8 Å². The molecule has 0 spiro atoms. The van der Waals surface area contributed by atoms with E-state index in [0.29, 0.717) is 0 Å². The lowest BCUT2D eigenvalue weighted by molar-refractivity contribution is -0.120. The molecule has 0 saturated carbocycles. The second-order valence-corrected chi connectivity index (χ2v) is 5.81. The smallest absolute Gasteiger partial charge is 0.254 e. The van der Waals surface area contributed by atoms with E-state index in [1.807, 2.05) is 39.0 Å². The van der Waals surface area contributed by atoms with Gasteiger partial charge in [0.25, 0.3) is 5.91 Å². The van der Waals surface area contributed by atoms with E-state index in [4.69, 9.17) is 0 Å². The van der Waals surface area contributed by atoms with E-state index < -0.39 is 11.7 Å². The molecule has 1 atom stereocenters. The molecule has 0 heterocycles. The molecular formula is C19H21FN2O2. The van der Waals surface area contributed by atoms with Crippen molar-refractivity contribution in [3.05, 3.63) is 70.5 Å². The Labute approximate surface area is 141 Å². The predicted octanol–water partition coefficient (Wildman–Crippen LogP) is 3.05. The molecule has 0 aromatic heterocycles. The number of benzene rings is 2. The van der Waals surface area contributed by atoms with Gasteiger partial charge in [0.1, 0.15) is 5.82 Å². The quantitative estimate of drug-likeness (QED) is 0.886. The van der Waals surface area contributed by atoms with Crippen LogP contribution in [0.1, 0.15) is 40.0 Å². The van der Waals surface area contributed by atoms with Crippen molar-refractivity contribution in [2.24, 2.45) is 0 Å². The molecule has 2 aromatic rings. The van der Waals surface area contributed by atoms with Crippen molar-refractivity contribution in [3.8, 4) is 0 Å². The molecule has 2 aromatic carbocycles. The zero-order valence-electron chi connectivity index (χ0n) is 14.0. The van der Waals surface area contributed by atoms with Crippen LogP contribution in [0.15, 0.2) is 42.5 Å². The maximum Gasteiger partial charge on any atom is 0.254 e. The van der Waals surface area contributed by atoms with Gasteiger partial charge in [-0.15, -0.1) is 0 Å². The van der Waals surface area contributed by atoms with E-state index >= 15 is 0 Å². The zero-order valence-corrected chi connectivity index (χ0v) is 14.0. The summed E-state index contributed by atoms with van der Waals surface area (Å²) in [6.45, 7) is 5.66. The summed E-state index contributed by atoms with van der Waals surface area (Å²) in [5.41, 5.74) is 3.16. The predicted molar refractivity (Wildman–Crippen MR) is 91.2 cm³/mol. The highest BCUT2D eigenvalue weighted by atomic mass is 19.1. The molecular weight excluding hydrogens is 307 g/mol. The van der Waals surface area contributed by atoms with Gasteiger partial charge in [-0.2, -0.15) is 0 Å². The number of hydrogen-bond acceptors (Lipinski definition) is 2. The van der Waals surface area contributed by atoms with Gasteiger partial charge in [-0.3, -0.25) is 9.59 Å². The van der Waals surface area contributed by atoms with Gasteiger partial charge in [0, 0.05) is 0 Å². The fourth-order valence-corrected chi connectivity index (χ4v) is 2.50. The van der Waals surface area contributed by atoms with Crippen LogP contribution < -0.4 is 10.6 Å². The molecule has 4 nitrogen and oxygen atoms in total. The Morgan fingerprint density at radius 2 is 1.83 bits per heavy atom. The average Bonchev–Trinajstić information content (AvgIpc) is 2.55. The van der Waals surface area contributed by atoms with E-state index in [1.54, 1.807) is 6.07 Å².